The van der Waals surface area contributed by atoms with Crippen molar-refractivity contribution in [3.8, 4) is 11.5 Å². The molecule has 0 aliphatic carbocycles. The molecule has 13 heteroatoms. The number of carbonyl (C=O) groups is 1. The molecule has 1 aromatic carbocycles. The number of aliphatic hydroxyl groups is 4. The average Bonchev–Trinajstić information content (AvgIpc) is 2.67. The van der Waals surface area contributed by atoms with Crippen molar-refractivity contribution in [2.75, 3.05) is 18.4 Å². The van der Waals surface area contributed by atoms with E-state index in [9.17, 15) is 33.6 Å². The zero-order chi connectivity index (χ0) is 22.4. The second-order valence-electron chi connectivity index (χ2n) is 7.17. The number of rotatable bonds is 5. The summed E-state index contributed by atoms with van der Waals surface area (Å²) in [5, 5.41) is 39.3. The SMILES string of the molecule is COc1cc(O[C@@H]2O[C@H](CO)[C@@H](O)[C@H](O)[C@H]2O)c2c(c1)C(=O)N(C(C)C)S(=O)(=O)N2. The molecule has 5 N–H and O–H groups in total. The molecule has 168 valence electrons. The highest BCUT2D eigenvalue weighted by Crippen LogP contribution is 2.40. The molecule has 1 aromatic rings. The van der Waals surface area contributed by atoms with E-state index in [-0.39, 0.29) is 22.7 Å². The Morgan fingerprint density at radius 2 is 1.87 bits per heavy atom. The third-order valence-corrected chi connectivity index (χ3v) is 6.36. The van der Waals surface area contributed by atoms with Crippen molar-refractivity contribution in [1.29, 1.82) is 0 Å². The Balaban J connectivity index is 2.04. The van der Waals surface area contributed by atoms with E-state index in [0.717, 1.165) is 0 Å². The highest BCUT2D eigenvalue weighted by Gasteiger charge is 2.46. The molecule has 2 aliphatic rings. The van der Waals surface area contributed by atoms with Crippen molar-refractivity contribution in [3.05, 3.63) is 17.7 Å². The minimum absolute atomic E-state index is 0.0579. The number of methoxy groups -OCH3 is 1. The van der Waals surface area contributed by atoms with Gasteiger partial charge in [-0.3, -0.25) is 9.52 Å². The molecule has 12 nitrogen and oxygen atoms in total. The molecule has 0 spiro atoms. The molecule has 2 aliphatic heterocycles. The molecule has 1 fully saturated rings. The van der Waals surface area contributed by atoms with Gasteiger partial charge in [-0.25, -0.2) is 4.31 Å². The van der Waals surface area contributed by atoms with Gasteiger partial charge in [0.2, 0.25) is 6.29 Å². The Kier molecular flexibility index (Phi) is 6.13. The largest absolute Gasteiger partial charge is 0.497 e. The highest BCUT2D eigenvalue weighted by molar-refractivity contribution is 7.91. The van der Waals surface area contributed by atoms with Gasteiger partial charge in [0.15, 0.2) is 5.75 Å². The molecule has 0 unspecified atom stereocenters. The maximum absolute atomic E-state index is 12.9. The van der Waals surface area contributed by atoms with E-state index in [1.165, 1.54) is 33.1 Å². The Bertz CT molecular complexity index is 919. The molecule has 0 bridgehead atoms. The van der Waals surface area contributed by atoms with Crippen molar-refractivity contribution in [3.63, 3.8) is 0 Å². The van der Waals surface area contributed by atoms with Crippen LogP contribution in [-0.2, 0) is 14.9 Å². The first-order chi connectivity index (χ1) is 14.0. The molecule has 2 heterocycles. The van der Waals surface area contributed by atoms with Gasteiger partial charge < -0.3 is 34.6 Å². The number of hydrogen-bond donors (Lipinski definition) is 5. The Morgan fingerprint density at radius 3 is 2.43 bits per heavy atom. The maximum atomic E-state index is 12.9. The first kappa shape index (κ1) is 22.5. The molecule has 30 heavy (non-hydrogen) atoms. The van der Waals surface area contributed by atoms with Crippen LogP contribution >= 0.6 is 0 Å². The third-order valence-electron chi connectivity index (χ3n) is 4.79. The number of hydrogen-bond acceptors (Lipinski definition) is 10. The van der Waals surface area contributed by atoms with Gasteiger partial charge >= 0.3 is 10.2 Å². The fraction of sp³-hybridized carbons (Fsp3) is 0.588. The van der Waals surface area contributed by atoms with Gasteiger partial charge in [0.1, 0.15) is 35.9 Å². The minimum atomic E-state index is -4.24. The minimum Gasteiger partial charge on any atom is -0.497 e. The number of benzene rings is 1. The predicted octanol–water partition coefficient (Wildman–Crippen LogP) is -1.61. The fourth-order valence-electron chi connectivity index (χ4n) is 3.28. The molecule has 1 amide bonds. The summed E-state index contributed by atoms with van der Waals surface area (Å²) in [6.45, 7) is 2.40. The molecular formula is C17H24N2O10S. The lowest BCUT2D eigenvalue weighted by Crippen LogP contribution is -2.60. The van der Waals surface area contributed by atoms with Gasteiger partial charge in [-0.05, 0) is 19.9 Å². The van der Waals surface area contributed by atoms with E-state index >= 15 is 0 Å². The molecule has 0 radical (unpaired) electrons. The zero-order valence-corrected chi connectivity index (χ0v) is 17.2. The summed E-state index contributed by atoms with van der Waals surface area (Å²) >= 11 is 0. The predicted molar refractivity (Wildman–Crippen MR) is 101 cm³/mol. The second kappa shape index (κ2) is 8.17. The monoisotopic (exact) mass is 448 g/mol. The van der Waals surface area contributed by atoms with Crippen LogP contribution in [-0.4, -0.2) is 89.5 Å². The highest BCUT2D eigenvalue weighted by atomic mass is 32.2. The maximum Gasteiger partial charge on any atom is 0.326 e. The number of aliphatic hydroxyl groups excluding tert-OH is 4. The van der Waals surface area contributed by atoms with Gasteiger partial charge in [0.05, 0.1) is 19.3 Å². The molecule has 0 aromatic heterocycles. The van der Waals surface area contributed by atoms with E-state index in [0.29, 0.717) is 4.31 Å². The van der Waals surface area contributed by atoms with Crippen molar-refractivity contribution < 1.29 is 47.8 Å². The quantitative estimate of drug-likeness (QED) is 0.352. The second-order valence-corrected chi connectivity index (χ2v) is 8.71. The Morgan fingerprint density at radius 1 is 1.20 bits per heavy atom. The van der Waals surface area contributed by atoms with Gasteiger partial charge in [-0.1, -0.05) is 0 Å². The first-order valence-electron chi connectivity index (χ1n) is 9.07. The number of anilines is 1. The summed E-state index contributed by atoms with van der Waals surface area (Å²) in [5.41, 5.74) is -0.257. The topological polar surface area (TPSA) is 175 Å². The van der Waals surface area contributed by atoms with E-state index in [2.05, 4.69) is 4.72 Å². The van der Waals surface area contributed by atoms with Crippen LogP contribution in [0, 0.1) is 0 Å². The van der Waals surface area contributed by atoms with Crippen LogP contribution in [0.4, 0.5) is 5.69 Å². The molecule has 3 rings (SSSR count). The first-order valence-corrected chi connectivity index (χ1v) is 10.5. The van der Waals surface area contributed by atoms with Crippen molar-refractivity contribution in [1.82, 2.24) is 4.31 Å². The summed E-state index contributed by atoms with van der Waals surface area (Å²) in [6, 6.07) is 1.93. The van der Waals surface area contributed by atoms with Gasteiger partial charge in [-0.2, -0.15) is 8.42 Å². The molecule has 0 saturated carbocycles. The van der Waals surface area contributed by atoms with Crippen molar-refractivity contribution in [2.45, 2.75) is 50.6 Å². The number of nitrogens with zero attached hydrogens (tertiary/aromatic N) is 1. The van der Waals surface area contributed by atoms with E-state index in [1.807, 2.05) is 0 Å². The third kappa shape index (κ3) is 3.79. The number of fused-ring (bicyclic) bond motifs is 1. The fourth-order valence-corrected chi connectivity index (χ4v) is 4.72. The lowest BCUT2D eigenvalue weighted by molar-refractivity contribution is -0.277. The summed E-state index contributed by atoms with van der Waals surface area (Å²) < 4.78 is 44.1. The summed E-state index contributed by atoms with van der Waals surface area (Å²) in [4.78, 5) is 12.9. The average molecular weight is 448 g/mol. The lowest BCUT2D eigenvalue weighted by atomic mass is 9.99. The van der Waals surface area contributed by atoms with E-state index in [4.69, 9.17) is 14.2 Å². The summed E-state index contributed by atoms with van der Waals surface area (Å²) in [5.74, 6) is -0.864. The van der Waals surface area contributed by atoms with Crippen LogP contribution in [0.2, 0.25) is 0 Å². The Hall–Kier alpha value is -2.16. The number of ether oxygens (including phenoxy) is 3. The number of nitrogens with one attached hydrogen (secondary N) is 1. The van der Waals surface area contributed by atoms with Crippen molar-refractivity contribution >= 4 is 21.8 Å². The van der Waals surface area contributed by atoms with Crippen LogP contribution in [0.25, 0.3) is 0 Å². The lowest BCUT2D eigenvalue weighted by Gasteiger charge is -2.40. The van der Waals surface area contributed by atoms with Crippen molar-refractivity contribution in [2.24, 2.45) is 0 Å². The summed E-state index contributed by atoms with van der Waals surface area (Å²) in [7, 11) is -2.91. The normalized spacial score (nSPS) is 30.6. The van der Waals surface area contributed by atoms with Gasteiger partial charge in [-0.15, -0.1) is 0 Å². The van der Waals surface area contributed by atoms with Gasteiger partial charge in [0, 0.05) is 12.1 Å². The van der Waals surface area contributed by atoms with E-state index in [1.54, 1.807) is 0 Å². The van der Waals surface area contributed by atoms with Crippen LogP contribution in [0.5, 0.6) is 11.5 Å². The standard InChI is InChI=1S/C17H24N2O10S/c1-7(2)19-16(24)9-4-8(27-3)5-10(12(9)18-30(19,25)26)28-17-15(23)14(22)13(21)11(6-20)29-17/h4-5,7,11,13-15,17-18,20-23H,6H2,1-3H3/t11-,13-,14+,15-,17-/m1/s1. The number of carbonyl (C=O) groups excluding carboxylic acids is 1. The smallest absolute Gasteiger partial charge is 0.326 e. The van der Waals surface area contributed by atoms with E-state index < -0.39 is 59.5 Å². The van der Waals surface area contributed by atoms with Crippen LogP contribution in [0.15, 0.2) is 12.1 Å². The zero-order valence-electron chi connectivity index (χ0n) is 16.4. The Labute approximate surface area is 172 Å². The molecule has 5 atom stereocenters. The molecule has 1 saturated heterocycles. The molecular weight excluding hydrogens is 424 g/mol. The number of amides is 1. The van der Waals surface area contributed by atoms with Crippen LogP contribution in [0.1, 0.15) is 24.2 Å². The van der Waals surface area contributed by atoms with Crippen LogP contribution in [0.3, 0.4) is 0 Å². The van der Waals surface area contributed by atoms with Gasteiger partial charge in [0.25, 0.3) is 5.91 Å². The summed E-state index contributed by atoms with van der Waals surface area (Å²) in [6.07, 6.45) is -7.84. The van der Waals surface area contributed by atoms with Crippen LogP contribution < -0.4 is 14.2 Å².